The number of nitrogens with one attached hydrogen (secondary N) is 2. The number of aromatic nitrogens is 4. The second-order valence-electron chi connectivity index (χ2n) is 6.64. The second kappa shape index (κ2) is 8.15. The lowest BCUT2D eigenvalue weighted by Crippen LogP contribution is -2.29. The third kappa shape index (κ3) is 3.97. The van der Waals surface area contributed by atoms with Crippen molar-refractivity contribution in [2.24, 2.45) is 12.1 Å². The Morgan fingerprint density at radius 2 is 1.94 bits per heavy atom. The van der Waals surface area contributed by atoms with Crippen molar-refractivity contribution in [2.45, 2.75) is 6.54 Å². The second-order valence-corrected chi connectivity index (χ2v) is 7.05. The molecule has 11 heteroatoms. The smallest absolute Gasteiger partial charge is 0.298 e. The number of rotatable bonds is 5. The number of aryl methyl sites for hydroxylation is 1. The minimum absolute atomic E-state index is 0.0723. The summed E-state index contributed by atoms with van der Waals surface area (Å²) in [4.78, 5) is 31.0. The molecule has 0 aliphatic heterocycles. The van der Waals surface area contributed by atoms with E-state index in [-0.39, 0.29) is 34.2 Å². The molecule has 0 fully saturated rings. The van der Waals surface area contributed by atoms with Crippen LogP contribution in [0.25, 0.3) is 11.2 Å². The Labute approximate surface area is 178 Å². The van der Waals surface area contributed by atoms with Gasteiger partial charge in [0.2, 0.25) is 5.95 Å². The molecule has 0 bridgehead atoms. The van der Waals surface area contributed by atoms with Crippen LogP contribution >= 0.6 is 11.6 Å². The molecule has 4 rings (SSSR count). The Hall–Kier alpha value is -3.79. The molecule has 2 N–H and O–H groups in total. The van der Waals surface area contributed by atoms with Crippen molar-refractivity contribution in [1.29, 1.82) is 0 Å². The van der Waals surface area contributed by atoms with E-state index >= 15 is 0 Å². The average molecular weight is 445 g/mol. The Bertz CT molecular complexity index is 1400. The van der Waals surface area contributed by atoms with Crippen LogP contribution in [-0.2, 0) is 13.6 Å². The van der Waals surface area contributed by atoms with Crippen LogP contribution < -0.4 is 16.7 Å². The lowest BCUT2D eigenvalue weighted by molar-refractivity contribution is 0.625. The van der Waals surface area contributed by atoms with E-state index < -0.39 is 22.9 Å². The Balaban J connectivity index is 1.80. The van der Waals surface area contributed by atoms with E-state index in [0.29, 0.717) is 5.56 Å². The van der Waals surface area contributed by atoms with Crippen molar-refractivity contribution >= 4 is 34.9 Å². The number of hydrazone groups is 1. The quantitative estimate of drug-likeness (QED) is 0.365. The molecule has 158 valence electrons. The summed E-state index contributed by atoms with van der Waals surface area (Å²) in [5.41, 5.74) is 2.39. The number of benzene rings is 2. The zero-order valence-electron chi connectivity index (χ0n) is 16.1. The van der Waals surface area contributed by atoms with Gasteiger partial charge < -0.3 is 0 Å². The number of hydrogen-bond donors (Lipinski definition) is 2. The van der Waals surface area contributed by atoms with E-state index in [9.17, 15) is 18.4 Å². The predicted molar refractivity (Wildman–Crippen MR) is 114 cm³/mol. The van der Waals surface area contributed by atoms with Gasteiger partial charge in [0.1, 0.15) is 11.6 Å². The fraction of sp³-hybridized carbons (Fsp3) is 0.100. The fourth-order valence-corrected chi connectivity index (χ4v) is 3.25. The molecule has 4 aromatic rings. The predicted octanol–water partition coefficient (Wildman–Crippen LogP) is 2.85. The summed E-state index contributed by atoms with van der Waals surface area (Å²) in [7, 11) is 1.46. The maximum absolute atomic E-state index is 14.0. The number of fused-ring (bicyclic) bond motifs is 1. The highest BCUT2D eigenvalue weighted by atomic mass is 35.5. The number of aromatic amines is 1. The first kappa shape index (κ1) is 20.5. The molecule has 8 nitrogen and oxygen atoms in total. The number of imidazole rings is 1. The molecule has 0 aliphatic rings. The van der Waals surface area contributed by atoms with Gasteiger partial charge >= 0.3 is 5.69 Å². The van der Waals surface area contributed by atoms with Gasteiger partial charge in [0.25, 0.3) is 5.56 Å². The van der Waals surface area contributed by atoms with Crippen molar-refractivity contribution in [3.63, 3.8) is 0 Å². The van der Waals surface area contributed by atoms with Crippen molar-refractivity contribution < 1.29 is 8.78 Å². The van der Waals surface area contributed by atoms with Crippen LogP contribution in [0.5, 0.6) is 0 Å². The summed E-state index contributed by atoms with van der Waals surface area (Å²) >= 11 is 5.99. The van der Waals surface area contributed by atoms with Crippen LogP contribution in [0.1, 0.15) is 11.1 Å². The minimum atomic E-state index is -0.637. The summed E-state index contributed by atoms with van der Waals surface area (Å²) in [5, 5.41) is 4.16. The number of hydrogen-bond acceptors (Lipinski definition) is 5. The first-order chi connectivity index (χ1) is 14.8. The maximum atomic E-state index is 14.0. The molecule has 0 unspecified atom stereocenters. The first-order valence-corrected chi connectivity index (χ1v) is 9.40. The van der Waals surface area contributed by atoms with Gasteiger partial charge in [0, 0.05) is 12.6 Å². The van der Waals surface area contributed by atoms with E-state index in [1.165, 1.54) is 52.7 Å². The third-order valence-corrected chi connectivity index (χ3v) is 4.95. The highest BCUT2D eigenvalue weighted by Crippen LogP contribution is 2.19. The van der Waals surface area contributed by atoms with E-state index in [0.717, 1.165) is 0 Å². The highest BCUT2D eigenvalue weighted by molar-refractivity contribution is 6.33. The summed E-state index contributed by atoms with van der Waals surface area (Å²) < 4.78 is 29.9. The molecule has 0 amide bonds. The monoisotopic (exact) mass is 444 g/mol. The van der Waals surface area contributed by atoms with Gasteiger partial charge in [-0.1, -0.05) is 29.8 Å². The van der Waals surface area contributed by atoms with Crippen molar-refractivity contribution in [3.8, 4) is 0 Å². The molecule has 31 heavy (non-hydrogen) atoms. The molecule has 0 saturated heterocycles. The van der Waals surface area contributed by atoms with Gasteiger partial charge in [-0.3, -0.25) is 18.9 Å². The normalized spacial score (nSPS) is 11.5. The van der Waals surface area contributed by atoms with Crippen LogP contribution in [0.15, 0.2) is 57.2 Å². The molecule has 0 saturated carbocycles. The summed E-state index contributed by atoms with van der Waals surface area (Å²) in [6.07, 6.45) is 1.18. The van der Waals surface area contributed by atoms with Crippen LogP contribution in [0, 0.1) is 11.6 Å². The lowest BCUT2D eigenvalue weighted by atomic mass is 10.2. The summed E-state index contributed by atoms with van der Waals surface area (Å²) in [6.45, 7) is 0.135. The maximum Gasteiger partial charge on any atom is 0.329 e. The van der Waals surface area contributed by atoms with E-state index in [1.807, 2.05) is 0 Å². The Morgan fingerprint density at radius 3 is 2.65 bits per heavy atom. The highest BCUT2D eigenvalue weighted by Gasteiger charge is 2.17. The number of nitrogens with zero attached hydrogens (tertiary/aromatic N) is 4. The van der Waals surface area contributed by atoms with Gasteiger partial charge in [-0.15, -0.1) is 0 Å². The van der Waals surface area contributed by atoms with Crippen LogP contribution in [-0.4, -0.2) is 25.3 Å². The molecule has 2 aromatic heterocycles. The zero-order valence-corrected chi connectivity index (χ0v) is 16.8. The SMILES string of the molecule is Cn1c(=O)[nH]c(=O)c2c1nc(N/N=C/c1c(F)cccc1Cl)n2Cc1ccc(F)cc1. The summed E-state index contributed by atoms with van der Waals surface area (Å²) in [6, 6.07) is 9.93. The fourth-order valence-electron chi connectivity index (χ4n) is 3.03. The molecule has 2 aromatic carbocycles. The van der Waals surface area contributed by atoms with Crippen LogP contribution in [0.4, 0.5) is 14.7 Å². The van der Waals surface area contributed by atoms with Crippen molar-refractivity contribution in [2.75, 3.05) is 5.43 Å². The van der Waals surface area contributed by atoms with Crippen molar-refractivity contribution in [3.05, 3.63) is 91.1 Å². The molecular weight excluding hydrogens is 430 g/mol. The van der Waals surface area contributed by atoms with E-state index in [1.54, 1.807) is 12.1 Å². The number of H-pyrrole nitrogens is 1. The number of halogens is 3. The third-order valence-electron chi connectivity index (χ3n) is 4.62. The average Bonchev–Trinajstić information content (AvgIpc) is 3.09. The van der Waals surface area contributed by atoms with Crippen LogP contribution in [0.3, 0.4) is 0 Å². The first-order valence-electron chi connectivity index (χ1n) is 9.02. The van der Waals surface area contributed by atoms with Gasteiger partial charge in [0.05, 0.1) is 17.8 Å². The molecule has 0 aliphatic carbocycles. The minimum Gasteiger partial charge on any atom is -0.298 e. The zero-order chi connectivity index (χ0) is 22.1. The van der Waals surface area contributed by atoms with E-state index in [4.69, 9.17) is 11.6 Å². The van der Waals surface area contributed by atoms with Gasteiger partial charge in [0.15, 0.2) is 11.2 Å². The Morgan fingerprint density at radius 1 is 1.19 bits per heavy atom. The van der Waals surface area contributed by atoms with Gasteiger partial charge in [-0.2, -0.15) is 10.1 Å². The molecule has 2 heterocycles. The van der Waals surface area contributed by atoms with Crippen LogP contribution in [0.2, 0.25) is 5.02 Å². The topological polar surface area (TPSA) is 97.1 Å². The Kier molecular flexibility index (Phi) is 5.38. The van der Waals surface area contributed by atoms with E-state index in [2.05, 4.69) is 20.5 Å². The molecule has 0 radical (unpaired) electrons. The van der Waals surface area contributed by atoms with Crippen molar-refractivity contribution in [1.82, 2.24) is 19.1 Å². The number of anilines is 1. The molecule has 0 atom stereocenters. The summed E-state index contributed by atoms with van der Waals surface area (Å²) in [5.74, 6) is -0.837. The largest absolute Gasteiger partial charge is 0.329 e. The lowest BCUT2D eigenvalue weighted by Gasteiger charge is -2.08. The molecule has 0 spiro atoms. The standard InChI is InChI=1S/C20H15ClF2N6O2/c1-28-17-16(18(30)26-20(28)31)29(10-11-5-7-12(22)8-6-11)19(25-17)27-24-9-13-14(21)3-2-4-15(13)23/h2-9H,10H2,1H3,(H,25,27)(H,26,30,31)/b24-9+. The van der Waals surface area contributed by atoms with Gasteiger partial charge in [-0.25, -0.2) is 19.0 Å². The molecular formula is C20H15ClF2N6O2. The van der Waals surface area contributed by atoms with Gasteiger partial charge in [-0.05, 0) is 29.8 Å².